The Labute approximate surface area is 193 Å². The second kappa shape index (κ2) is 9.96. The third-order valence-electron chi connectivity index (χ3n) is 4.51. The molecule has 0 fully saturated rings. The van der Waals surface area contributed by atoms with E-state index < -0.39 is 4.96 Å². The topological polar surface area (TPSA) is 73.6 Å². The molecule has 4 rings (SSSR count). The van der Waals surface area contributed by atoms with Crippen molar-refractivity contribution in [1.82, 2.24) is 9.55 Å². The second-order valence-electron chi connectivity index (χ2n) is 6.18. The number of hydrogen-bond donors (Lipinski definition) is 1. The smallest absolute Gasteiger partial charge is 0.450 e. The summed E-state index contributed by atoms with van der Waals surface area (Å²) in [7, 11) is 1.53. The van der Waals surface area contributed by atoms with E-state index in [9.17, 15) is 9.90 Å². The van der Waals surface area contributed by atoms with Crippen LogP contribution in [0, 0.1) is 0 Å². The van der Waals surface area contributed by atoms with Gasteiger partial charge in [-0.2, -0.15) is 34.4 Å². The molecule has 1 aliphatic rings. The largest absolute Gasteiger partial charge is 0.504 e. The molecule has 0 saturated carbocycles. The molecular formula is C19H18BCl3N2O4S. The van der Waals surface area contributed by atoms with E-state index in [0.717, 1.165) is 33.8 Å². The van der Waals surface area contributed by atoms with Gasteiger partial charge in [0.15, 0.2) is 11.5 Å². The first-order chi connectivity index (χ1) is 14.4. The van der Waals surface area contributed by atoms with Crippen molar-refractivity contribution >= 4 is 56.6 Å². The fraction of sp³-hybridized carbons (Fsp3) is 0.263. The molecule has 30 heavy (non-hydrogen) atoms. The number of carbonyl (C=O) groups excluding carboxylic acids is 1. The van der Waals surface area contributed by atoms with E-state index in [1.165, 1.54) is 18.4 Å². The molecule has 0 bridgehead atoms. The second-order valence-corrected chi connectivity index (χ2v) is 9.05. The average Bonchev–Trinajstić information content (AvgIpc) is 3.35. The average molecular weight is 488 g/mol. The summed E-state index contributed by atoms with van der Waals surface area (Å²) in [5.41, 5.74) is 4.21. The van der Waals surface area contributed by atoms with Gasteiger partial charge >= 0.3 is 10.9 Å². The lowest BCUT2D eigenvalue weighted by Gasteiger charge is -2.23. The highest BCUT2D eigenvalue weighted by atomic mass is 35.6. The Morgan fingerprint density at radius 2 is 2.03 bits per heavy atom. The summed E-state index contributed by atoms with van der Waals surface area (Å²) in [6, 6.07) is 5.39. The Balaban J connectivity index is 0.000000589. The number of carbonyl (C=O) groups is 1. The zero-order chi connectivity index (χ0) is 21.8. The van der Waals surface area contributed by atoms with Gasteiger partial charge in [-0.1, -0.05) is 0 Å². The SMILES string of the molecule is CCOC(=O)c1cc(-c2nccs2)c2n1CCc1cc(OC)c(O)cc1-2.ClB(Cl)Cl. The van der Waals surface area contributed by atoms with Gasteiger partial charge in [-0.3, -0.25) is 0 Å². The van der Waals surface area contributed by atoms with E-state index >= 15 is 0 Å². The Bertz CT molecular complexity index is 1040. The zero-order valence-electron chi connectivity index (χ0n) is 16.2. The summed E-state index contributed by atoms with van der Waals surface area (Å²) in [5, 5.41) is 13.0. The molecule has 0 atom stereocenters. The molecule has 0 saturated heterocycles. The van der Waals surface area contributed by atoms with Crippen molar-refractivity contribution in [1.29, 1.82) is 0 Å². The molecule has 3 aromatic rings. The van der Waals surface area contributed by atoms with Gasteiger partial charge in [0.25, 0.3) is 0 Å². The highest BCUT2D eigenvalue weighted by Gasteiger charge is 2.29. The normalized spacial score (nSPS) is 11.6. The maximum atomic E-state index is 12.4. The number of aromatic hydroxyl groups is 1. The standard InChI is InChI=1S/C19H18N2O4S.BCl3/c1-3-25-19(23)14-9-13(18-20-5-7-26-18)17-12-10-15(22)16(24-2)8-11(12)4-6-21(14)17;2-1(3)4/h5,7-10,22H,3-4,6H2,1-2H3;. The van der Waals surface area contributed by atoms with Crippen LogP contribution in [-0.4, -0.2) is 39.3 Å². The number of ether oxygens (including phenoxy) is 2. The first-order valence-electron chi connectivity index (χ1n) is 9.00. The third-order valence-corrected chi connectivity index (χ3v) is 5.32. The van der Waals surface area contributed by atoms with Gasteiger partial charge in [0.1, 0.15) is 10.7 Å². The number of phenolic OH excluding ortho intramolecular Hbond substituents is 1. The number of aryl methyl sites for hydroxylation is 1. The molecule has 6 nitrogen and oxygen atoms in total. The maximum Gasteiger partial charge on any atom is 0.450 e. The van der Waals surface area contributed by atoms with Gasteiger partial charge in [-0.25, -0.2) is 9.78 Å². The van der Waals surface area contributed by atoms with E-state index in [2.05, 4.69) is 4.98 Å². The highest BCUT2D eigenvalue weighted by molar-refractivity contribution is 7.54. The summed E-state index contributed by atoms with van der Waals surface area (Å²) in [4.78, 5) is 16.1. The Morgan fingerprint density at radius 1 is 1.30 bits per heavy atom. The molecule has 1 N–H and O–H groups in total. The van der Waals surface area contributed by atoms with Gasteiger partial charge in [-0.15, -0.1) is 11.3 Å². The van der Waals surface area contributed by atoms with Crippen molar-refractivity contribution in [2.45, 2.75) is 19.9 Å². The minimum Gasteiger partial charge on any atom is -0.504 e. The number of phenols is 1. The van der Waals surface area contributed by atoms with Gasteiger partial charge in [0.05, 0.1) is 19.4 Å². The van der Waals surface area contributed by atoms with E-state index in [1.54, 1.807) is 19.2 Å². The quantitative estimate of drug-likeness (QED) is 0.393. The third kappa shape index (κ3) is 4.72. The number of halogens is 3. The van der Waals surface area contributed by atoms with Crippen molar-refractivity contribution in [3.8, 4) is 33.3 Å². The van der Waals surface area contributed by atoms with Crippen LogP contribution in [0.15, 0.2) is 29.8 Å². The van der Waals surface area contributed by atoms with Crippen molar-refractivity contribution in [3.63, 3.8) is 0 Å². The van der Waals surface area contributed by atoms with Crippen LogP contribution < -0.4 is 4.74 Å². The summed E-state index contributed by atoms with van der Waals surface area (Å²) in [6.07, 6.45) is 2.47. The molecule has 2 aromatic heterocycles. The number of methoxy groups -OCH3 is 1. The summed E-state index contributed by atoms with van der Waals surface area (Å²) in [5.74, 6) is 0.173. The monoisotopic (exact) mass is 486 g/mol. The fourth-order valence-electron chi connectivity index (χ4n) is 3.40. The predicted molar refractivity (Wildman–Crippen MR) is 122 cm³/mol. The molecule has 0 spiro atoms. The highest BCUT2D eigenvalue weighted by Crippen LogP contribution is 2.44. The Kier molecular flexibility index (Phi) is 7.57. The van der Waals surface area contributed by atoms with Crippen molar-refractivity contribution in [2.75, 3.05) is 13.7 Å². The molecule has 0 unspecified atom stereocenters. The minimum absolute atomic E-state index is 0.0728. The van der Waals surface area contributed by atoms with Crippen LogP contribution in [0.2, 0.25) is 0 Å². The van der Waals surface area contributed by atoms with Gasteiger partial charge in [-0.05, 0) is 37.1 Å². The van der Waals surface area contributed by atoms with Crippen LogP contribution in [0.1, 0.15) is 23.0 Å². The lowest BCUT2D eigenvalue weighted by molar-refractivity contribution is 0.0514. The first kappa shape index (κ1) is 22.8. The zero-order valence-corrected chi connectivity index (χ0v) is 19.3. The van der Waals surface area contributed by atoms with Gasteiger partial charge in [0, 0.05) is 29.2 Å². The van der Waals surface area contributed by atoms with Crippen LogP contribution in [0.5, 0.6) is 11.5 Å². The Morgan fingerprint density at radius 3 is 2.63 bits per heavy atom. The number of thiazole rings is 1. The molecule has 11 heteroatoms. The van der Waals surface area contributed by atoms with E-state index in [0.29, 0.717) is 24.6 Å². The molecule has 1 aliphatic heterocycles. The summed E-state index contributed by atoms with van der Waals surface area (Å²) >= 11 is 15.9. The molecule has 1 aromatic carbocycles. The lowest BCUT2D eigenvalue weighted by Crippen LogP contribution is -2.17. The lowest BCUT2D eigenvalue weighted by atomic mass is 9.95. The van der Waals surface area contributed by atoms with Gasteiger partial charge < -0.3 is 19.1 Å². The van der Waals surface area contributed by atoms with E-state index in [-0.39, 0.29) is 11.7 Å². The van der Waals surface area contributed by atoms with Crippen LogP contribution >= 0.6 is 45.7 Å². The molecule has 0 aliphatic carbocycles. The van der Waals surface area contributed by atoms with E-state index in [1.807, 2.05) is 22.1 Å². The molecule has 0 radical (unpaired) electrons. The molecule has 0 amide bonds. The van der Waals surface area contributed by atoms with Crippen LogP contribution in [0.25, 0.3) is 21.8 Å². The van der Waals surface area contributed by atoms with Crippen LogP contribution in [0.4, 0.5) is 0 Å². The maximum absolute atomic E-state index is 12.4. The molecular weight excluding hydrogens is 469 g/mol. The Hall–Kier alpha value is -1.87. The van der Waals surface area contributed by atoms with Crippen molar-refractivity contribution in [3.05, 3.63) is 41.0 Å². The number of hydrogen-bond acceptors (Lipinski definition) is 6. The number of aromatic nitrogens is 2. The van der Waals surface area contributed by atoms with Crippen LogP contribution in [0.3, 0.4) is 0 Å². The van der Waals surface area contributed by atoms with Crippen molar-refractivity contribution < 1.29 is 19.4 Å². The predicted octanol–water partition coefficient (Wildman–Crippen LogP) is 5.41. The number of rotatable bonds is 4. The summed E-state index contributed by atoms with van der Waals surface area (Å²) < 4.78 is 12.4. The van der Waals surface area contributed by atoms with Gasteiger partial charge in [0.2, 0.25) is 0 Å². The minimum atomic E-state index is -0.750. The molecule has 3 heterocycles. The van der Waals surface area contributed by atoms with Crippen molar-refractivity contribution in [2.24, 2.45) is 0 Å². The number of benzene rings is 1. The number of esters is 1. The van der Waals surface area contributed by atoms with Crippen LogP contribution in [-0.2, 0) is 17.7 Å². The first-order valence-corrected chi connectivity index (χ1v) is 11.2. The molecule has 158 valence electrons. The fourth-order valence-corrected chi connectivity index (χ4v) is 4.05. The van der Waals surface area contributed by atoms with E-state index in [4.69, 9.17) is 43.9 Å². The number of fused-ring (bicyclic) bond motifs is 3. The summed E-state index contributed by atoms with van der Waals surface area (Å²) in [6.45, 7) is 2.76. The number of nitrogens with zero attached hydrogens (tertiary/aromatic N) is 2.